The summed E-state index contributed by atoms with van der Waals surface area (Å²) in [6, 6.07) is 8.48. The smallest absolute Gasteiger partial charge is 0.407 e. The first-order chi connectivity index (χ1) is 9.37. The molecule has 0 bridgehead atoms. The molecule has 1 amide bonds. The molecule has 2 N–H and O–H groups in total. The van der Waals surface area contributed by atoms with E-state index in [2.05, 4.69) is 41.8 Å². The van der Waals surface area contributed by atoms with Crippen LogP contribution in [0.1, 0.15) is 38.3 Å². The number of ether oxygens (including phenoxy) is 1. The highest BCUT2D eigenvalue weighted by atomic mass is 16.6. The zero-order chi connectivity index (χ0) is 15.0. The fourth-order valence-electron chi connectivity index (χ4n) is 1.66. The number of alkyl carbamates (subject to hydrolysis) is 1. The van der Waals surface area contributed by atoms with Crippen LogP contribution in [0.5, 0.6) is 0 Å². The number of hydrogen-bond acceptors (Lipinski definition) is 3. The van der Waals surface area contributed by atoms with Crippen molar-refractivity contribution in [3.8, 4) is 0 Å². The number of aryl methyl sites for hydroxylation is 1. The van der Waals surface area contributed by atoms with Gasteiger partial charge >= 0.3 is 6.09 Å². The summed E-state index contributed by atoms with van der Waals surface area (Å²) in [6.45, 7) is 9.99. The highest BCUT2D eigenvalue weighted by molar-refractivity contribution is 5.67. The van der Waals surface area contributed by atoms with Gasteiger partial charge < -0.3 is 15.4 Å². The van der Waals surface area contributed by atoms with Crippen LogP contribution in [-0.4, -0.2) is 24.8 Å². The highest BCUT2D eigenvalue weighted by Gasteiger charge is 2.15. The Morgan fingerprint density at radius 3 is 2.40 bits per heavy atom. The Bertz CT molecular complexity index is 407. The molecule has 4 nitrogen and oxygen atoms in total. The van der Waals surface area contributed by atoms with E-state index >= 15 is 0 Å². The third-order valence-electron chi connectivity index (χ3n) is 2.65. The number of rotatable bonds is 6. The second-order valence-electron chi connectivity index (χ2n) is 5.94. The van der Waals surface area contributed by atoms with Crippen LogP contribution in [0.25, 0.3) is 0 Å². The molecule has 0 aliphatic rings. The lowest BCUT2D eigenvalue weighted by Crippen LogP contribution is -2.33. The van der Waals surface area contributed by atoms with E-state index in [1.807, 2.05) is 20.8 Å². The van der Waals surface area contributed by atoms with Gasteiger partial charge in [-0.15, -0.1) is 0 Å². The standard InChI is InChI=1S/C16H26N2O2/c1-13-6-8-14(9-7-13)12-17-10-5-11-18-15(19)20-16(2,3)4/h6-9,17H,5,10-12H2,1-4H3,(H,18,19). The molecule has 0 spiro atoms. The van der Waals surface area contributed by atoms with Crippen molar-refractivity contribution in [3.05, 3.63) is 35.4 Å². The van der Waals surface area contributed by atoms with Crippen LogP contribution in [0.4, 0.5) is 4.79 Å². The summed E-state index contributed by atoms with van der Waals surface area (Å²) in [5.74, 6) is 0. The minimum Gasteiger partial charge on any atom is -0.444 e. The van der Waals surface area contributed by atoms with Crippen molar-refractivity contribution in [2.75, 3.05) is 13.1 Å². The van der Waals surface area contributed by atoms with E-state index in [0.29, 0.717) is 6.54 Å². The SMILES string of the molecule is Cc1ccc(CNCCCNC(=O)OC(C)(C)C)cc1. The Kier molecular flexibility index (Phi) is 6.52. The van der Waals surface area contributed by atoms with Crippen molar-refractivity contribution in [1.29, 1.82) is 0 Å². The Balaban J connectivity index is 2.05. The summed E-state index contributed by atoms with van der Waals surface area (Å²) in [7, 11) is 0. The number of hydrogen-bond donors (Lipinski definition) is 2. The topological polar surface area (TPSA) is 50.4 Å². The van der Waals surface area contributed by atoms with Gasteiger partial charge in [-0.25, -0.2) is 4.79 Å². The summed E-state index contributed by atoms with van der Waals surface area (Å²) in [5.41, 5.74) is 2.11. The lowest BCUT2D eigenvalue weighted by molar-refractivity contribution is 0.0527. The molecule has 1 aromatic carbocycles. The number of carbonyl (C=O) groups excluding carboxylic acids is 1. The van der Waals surface area contributed by atoms with E-state index in [9.17, 15) is 4.79 Å². The molecule has 0 atom stereocenters. The van der Waals surface area contributed by atoms with E-state index in [-0.39, 0.29) is 6.09 Å². The number of benzene rings is 1. The third kappa shape index (κ3) is 7.79. The van der Waals surface area contributed by atoms with Crippen molar-refractivity contribution < 1.29 is 9.53 Å². The molecule has 1 rings (SSSR count). The number of amides is 1. The van der Waals surface area contributed by atoms with E-state index in [4.69, 9.17) is 4.74 Å². The third-order valence-corrected chi connectivity index (χ3v) is 2.65. The fourth-order valence-corrected chi connectivity index (χ4v) is 1.66. The molecular formula is C16H26N2O2. The number of nitrogens with one attached hydrogen (secondary N) is 2. The molecule has 0 aliphatic carbocycles. The maximum absolute atomic E-state index is 11.4. The zero-order valence-corrected chi connectivity index (χ0v) is 13.0. The maximum atomic E-state index is 11.4. The van der Waals surface area contributed by atoms with Gasteiger partial charge in [-0.05, 0) is 46.2 Å². The minimum absolute atomic E-state index is 0.351. The molecule has 0 unspecified atom stereocenters. The van der Waals surface area contributed by atoms with Crippen molar-refractivity contribution in [1.82, 2.24) is 10.6 Å². The average Bonchev–Trinajstić information content (AvgIpc) is 2.33. The van der Waals surface area contributed by atoms with Crippen LogP contribution in [0.3, 0.4) is 0 Å². The second-order valence-corrected chi connectivity index (χ2v) is 5.94. The Morgan fingerprint density at radius 1 is 1.15 bits per heavy atom. The molecule has 20 heavy (non-hydrogen) atoms. The molecular weight excluding hydrogens is 252 g/mol. The predicted octanol–water partition coefficient (Wildman–Crippen LogP) is 3.00. The molecule has 0 heterocycles. The van der Waals surface area contributed by atoms with Crippen LogP contribution in [0.2, 0.25) is 0 Å². The van der Waals surface area contributed by atoms with Gasteiger partial charge in [0.1, 0.15) is 5.60 Å². The first-order valence-electron chi connectivity index (χ1n) is 7.10. The van der Waals surface area contributed by atoms with Crippen molar-refractivity contribution >= 4 is 6.09 Å². The lowest BCUT2D eigenvalue weighted by atomic mass is 10.1. The molecule has 0 aromatic heterocycles. The highest BCUT2D eigenvalue weighted by Crippen LogP contribution is 2.06. The number of carbonyl (C=O) groups is 1. The molecule has 112 valence electrons. The Labute approximate surface area is 121 Å². The first-order valence-corrected chi connectivity index (χ1v) is 7.10. The molecule has 0 saturated heterocycles. The van der Waals surface area contributed by atoms with E-state index < -0.39 is 5.60 Å². The molecule has 0 fully saturated rings. The lowest BCUT2D eigenvalue weighted by Gasteiger charge is -2.19. The minimum atomic E-state index is -0.437. The zero-order valence-electron chi connectivity index (χ0n) is 13.0. The summed E-state index contributed by atoms with van der Waals surface area (Å²) in [6.07, 6.45) is 0.529. The van der Waals surface area contributed by atoms with E-state index in [0.717, 1.165) is 19.5 Å². The van der Waals surface area contributed by atoms with Crippen LogP contribution in [0.15, 0.2) is 24.3 Å². The largest absolute Gasteiger partial charge is 0.444 e. The van der Waals surface area contributed by atoms with E-state index in [1.165, 1.54) is 11.1 Å². The second kappa shape index (κ2) is 7.90. The Hall–Kier alpha value is -1.55. The molecule has 0 radical (unpaired) electrons. The Morgan fingerprint density at radius 2 is 1.80 bits per heavy atom. The summed E-state index contributed by atoms with van der Waals surface area (Å²) in [5, 5.41) is 6.10. The van der Waals surface area contributed by atoms with Crippen molar-refractivity contribution in [3.63, 3.8) is 0 Å². The van der Waals surface area contributed by atoms with Crippen molar-refractivity contribution in [2.24, 2.45) is 0 Å². The van der Waals surface area contributed by atoms with Gasteiger partial charge in [-0.2, -0.15) is 0 Å². The molecule has 4 heteroatoms. The quantitative estimate of drug-likeness (QED) is 0.786. The average molecular weight is 278 g/mol. The summed E-state index contributed by atoms with van der Waals surface area (Å²) in [4.78, 5) is 11.4. The van der Waals surface area contributed by atoms with Crippen LogP contribution < -0.4 is 10.6 Å². The van der Waals surface area contributed by atoms with Gasteiger partial charge in [0.2, 0.25) is 0 Å². The normalized spacial score (nSPS) is 11.2. The monoisotopic (exact) mass is 278 g/mol. The van der Waals surface area contributed by atoms with Crippen molar-refractivity contribution in [2.45, 2.75) is 46.3 Å². The summed E-state index contributed by atoms with van der Waals surface area (Å²) >= 11 is 0. The fraction of sp³-hybridized carbons (Fsp3) is 0.562. The van der Waals surface area contributed by atoms with Gasteiger partial charge in [0.15, 0.2) is 0 Å². The van der Waals surface area contributed by atoms with E-state index in [1.54, 1.807) is 0 Å². The van der Waals surface area contributed by atoms with Gasteiger partial charge in [-0.1, -0.05) is 29.8 Å². The first kappa shape index (κ1) is 16.5. The van der Waals surface area contributed by atoms with Gasteiger partial charge in [0.25, 0.3) is 0 Å². The molecule has 0 aliphatic heterocycles. The van der Waals surface area contributed by atoms with Gasteiger partial charge in [0, 0.05) is 13.1 Å². The maximum Gasteiger partial charge on any atom is 0.407 e. The molecule has 0 saturated carbocycles. The van der Waals surface area contributed by atoms with Gasteiger partial charge in [0.05, 0.1) is 0 Å². The van der Waals surface area contributed by atoms with Crippen LogP contribution in [-0.2, 0) is 11.3 Å². The van der Waals surface area contributed by atoms with Gasteiger partial charge in [-0.3, -0.25) is 0 Å². The molecule has 1 aromatic rings. The van der Waals surface area contributed by atoms with Crippen LogP contribution >= 0.6 is 0 Å². The summed E-state index contributed by atoms with van der Waals surface area (Å²) < 4.78 is 5.15. The predicted molar refractivity (Wildman–Crippen MR) is 81.7 cm³/mol. The van der Waals surface area contributed by atoms with Crippen LogP contribution in [0, 0.1) is 6.92 Å².